The van der Waals surface area contributed by atoms with Gasteiger partial charge in [0, 0.05) is 12.6 Å². The predicted octanol–water partition coefficient (Wildman–Crippen LogP) is 2.67. The first-order chi connectivity index (χ1) is 11.6. The summed E-state index contributed by atoms with van der Waals surface area (Å²) >= 11 is 0. The third-order valence-electron chi connectivity index (χ3n) is 4.14. The molecule has 1 unspecified atom stereocenters. The fraction of sp³-hybridized carbons (Fsp3) is 0.333. The van der Waals surface area contributed by atoms with E-state index >= 15 is 0 Å². The zero-order valence-electron chi connectivity index (χ0n) is 14.1. The second-order valence-electron chi connectivity index (χ2n) is 5.71. The van der Waals surface area contributed by atoms with Gasteiger partial charge in [0.25, 0.3) is 0 Å². The molecule has 3 rings (SSSR count). The second kappa shape index (κ2) is 8.67. The average molecular weight is 383 g/mol. The van der Waals surface area contributed by atoms with Crippen molar-refractivity contribution in [2.45, 2.75) is 24.3 Å². The summed E-state index contributed by atoms with van der Waals surface area (Å²) in [4.78, 5) is 0.245. The van der Waals surface area contributed by atoms with Gasteiger partial charge in [0.15, 0.2) is 0 Å². The minimum Gasteiger partial charge on any atom is -0.494 e. The molecule has 1 heterocycles. The van der Waals surface area contributed by atoms with Crippen LogP contribution in [0.1, 0.15) is 24.1 Å². The van der Waals surface area contributed by atoms with E-state index in [1.807, 2.05) is 19.1 Å². The van der Waals surface area contributed by atoms with Crippen molar-refractivity contribution in [1.29, 1.82) is 0 Å². The quantitative estimate of drug-likeness (QED) is 0.806. The Morgan fingerprint density at radius 1 is 1.16 bits per heavy atom. The molecule has 0 radical (unpaired) electrons. The summed E-state index contributed by atoms with van der Waals surface area (Å²) < 4.78 is 33.0. The minimum atomic E-state index is -3.54. The molecular weight excluding hydrogens is 360 g/mol. The van der Waals surface area contributed by atoms with Crippen LogP contribution < -0.4 is 14.8 Å². The largest absolute Gasteiger partial charge is 0.494 e. The highest BCUT2D eigenvalue weighted by molar-refractivity contribution is 7.89. The maximum atomic E-state index is 12.5. The van der Waals surface area contributed by atoms with E-state index in [-0.39, 0.29) is 23.3 Å². The van der Waals surface area contributed by atoms with Crippen molar-refractivity contribution in [2.75, 3.05) is 19.7 Å². The smallest absolute Gasteiger partial charge is 0.240 e. The van der Waals surface area contributed by atoms with Crippen molar-refractivity contribution in [3.8, 4) is 5.75 Å². The number of halogens is 1. The third-order valence-corrected chi connectivity index (χ3v) is 5.58. The maximum absolute atomic E-state index is 12.5. The van der Waals surface area contributed by atoms with Crippen molar-refractivity contribution in [3.63, 3.8) is 0 Å². The van der Waals surface area contributed by atoms with Gasteiger partial charge in [-0.3, -0.25) is 0 Å². The van der Waals surface area contributed by atoms with E-state index < -0.39 is 10.0 Å². The van der Waals surface area contributed by atoms with Crippen molar-refractivity contribution in [3.05, 3.63) is 59.7 Å². The topological polar surface area (TPSA) is 67.4 Å². The van der Waals surface area contributed by atoms with E-state index in [1.165, 1.54) is 5.56 Å². The fourth-order valence-corrected chi connectivity index (χ4v) is 3.98. The van der Waals surface area contributed by atoms with Gasteiger partial charge in [0.2, 0.25) is 10.0 Å². The minimum absolute atomic E-state index is 0. The first-order valence-corrected chi connectivity index (χ1v) is 9.62. The standard InChI is InChI=1S/C18H22N2O3S.ClH/c1-2-23-15-7-9-16(10-8-15)24(21,22)20-13-18-17-6-4-3-5-14(17)11-12-19-18;/h3-10,18-20H,2,11-13H2,1H3;1H. The molecule has 0 saturated carbocycles. The number of fused-ring (bicyclic) bond motifs is 1. The summed E-state index contributed by atoms with van der Waals surface area (Å²) in [5.74, 6) is 0.666. The van der Waals surface area contributed by atoms with Crippen LogP contribution in [0.5, 0.6) is 5.75 Å². The van der Waals surface area contributed by atoms with Gasteiger partial charge in [-0.25, -0.2) is 13.1 Å². The molecule has 0 bridgehead atoms. The summed E-state index contributed by atoms with van der Waals surface area (Å²) in [7, 11) is -3.54. The Morgan fingerprint density at radius 2 is 1.88 bits per heavy atom. The highest BCUT2D eigenvalue weighted by atomic mass is 35.5. The van der Waals surface area contributed by atoms with Crippen LogP contribution in [-0.4, -0.2) is 28.1 Å². The number of hydrogen-bond acceptors (Lipinski definition) is 4. The fourth-order valence-electron chi connectivity index (χ4n) is 2.93. The highest BCUT2D eigenvalue weighted by Gasteiger charge is 2.22. The monoisotopic (exact) mass is 382 g/mol. The van der Waals surface area contributed by atoms with Crippen molar-refractivity contribution < 1.29 is 13.2 Å². The van der Waals surface area contributed by atoms with E-state index in [1.54, 1.807) is 24.3 Å². The molecule has 2 aromatic rings. The van der Waals surface area contributed by atoms with E-state index in [9.17, 15) is 8.42 Å². The Morgan fingerprint density at radius 3 is 2.60 bits per heavy atom. The molecule has 0 amide bonds. The van der Waals surface area contributed by atoms with Crippen LogP contribution in [0.3, 0.4) is 0 Å². The average Bonchev–Trinajstić information content (AvgIpc) is 2.61. The van der Waals surface area contributed by atoms with Gasteiger partial charge in [-0.15, -0.1) is 12.4 Å². The summed E-state index contributed by atoms with van der Waals surface area (Å²) in [5, 5.41) is 3.38. The van der Waals surface area contributed by atoms with E-state index in [0.29, 0.717) is 18.9 Å². The summed E-state index contributed by atoms with van der Waals surface area (Å²) in [6, 6.07) is 14.6. The summed E-state index contributed by atoms with van der Waals surface area (Å²) in [5.41, 5.74) is 2.44. The zero-order valence-corrected chi connectivity index (χ0v) is 15.7. The van der Waals surface area contributed by atoms with Crippen LogP contribution in [-0.2, 0) is 16.4 Å². The Labute approximate surface area is 155 Å². The zero-order chi connectivity index (χ0) is 17.0. The summed E-state index contributed by atoms with van der Waals surface area (Å²) in [6.07, 6.45) is 0.971. The Bertz CT molecular complexity index is 794. The van der Waals surface area contributed by atoms with Crippen LogP contribution in [0.4, 0.5) is 0 Å². The normalized spacial score (nSPS) is 16.6. The van der Waals surface area contributed by atoms with E-state index in [4.69, 9.17) is 4.74 Å². The number of rotatable bonds is 6. The lowest BCUT2D eigenvalue weighted by Gasteiger charge is -2.27. The van der Waals surface area contributed by atoms with E-state index in [0.717, 1.165) is 18.5 Å². The number of benzene rings is 2. The van der Waals surface area contributed by atoms with E-state index in [2.05, 4.69) is 22.2 Å². The number of nitrogens with one attached hydrogen (secondary N) is 2. The molecule has 0 aromatic heterocycles. The van der Waals surface area contributed by atoms with Gasteiger partial charge in [-0.1, -0.05) is 24.3 Å². The lowest BCUT2D eigenvalue weighted by atomic mass is 9.95. The van der Waals surface area contributed by atoms with Gasteiger partial charge < -0.3 is 10.1 Å². The van der Waals surface area contributed by atoms with Crippen molar-refractivity contribution in [1.82, 2.24) is 10.0 Å². The SMILES string of the molecule is CCOc1ccc(S(=O)(=O)NCC2NCCc3ccccc32)cc1.Cl. The molecule has 1 aliphatic heterocycles. The molecule has 25 heavy (non-hydrogen) atoms. The molecule has 0 aliphatic carbocycles. The molecule has 136 valence electrons. The number of ether oxygens (including phenoxy) is 1. The Hall–Kier alpha value is -1.60. The van der Waals surface area contributed by atoms with Crippen molar-refractivity contribution >= 4 is 22.4 Å². The molecule has 0 saturated heterocycles. The van der Waals surface area contributed by atoms with Crippen LogP contribution in [0.2, 0.25) is 0 Å². The molecule has 0 spiro atoms. The van der Waals surface area contributed by atoms with Gasteiger partial charge in [-0.05, 0) is 55.3 Å². The first-order valence-electron chi connectivity index (χ1n) is 8.14. The van der Waals surface area contributed by atoms with Crippen LogP contribution in [0.15, 0.2) is 53.4 Å². The maximum Gasteiger partial charge on any atom is 0.240 e. The third kappa shape index (κ3) is 4.73. The lowest BCUT2D eigenvalue weighted by molar-refractivity contribution is 0.340. The van der Waals surface area contributed by atoms with Crippen LogP contribution in [0.25, 0.3) is 0 Å². The van der Waals surface area contributed by atoms with Crippen molar-refractivity contribution in [2.24, 2.45) is 0 Å². The molecule has 5 nitrogen and oxygen atoms in total. The Balaban J connectivity index is 0.00000225. The highest BCUT2D eigenvalue weighted by Crippen LogP contribution is 2.23. The lowest BCUT2D eigenvalue weighted by Crippen LogP contribution is -2.38. The van der Waals surface area contributed by atoms with Gasteiger partial charge in [0.1, 0.15) is 5.75 Å². The van der Waals surface area contributed by atoms with Gasteiger partial charge in [0.05, 0.1) is 11.5 Å². The van der Waals surface area contributed by atoms with Gasteiger partial charge in [-0.2, -0.15) is 0 Å². The molecule has 2 N–H and O–H groups in total. The predicted molar refractivity (Wildman–Crippen MR) is 101 cm³/mol. The van der Waals surface area contributed by atoms with Gasteiger partial charge >= 0.3 is 0 Å². The molecule has 1 aliphatic rings. The number of sulfonamides is 1. The molecular formula is C18H23ClN2O3S. The second-order valence-corrected chi connectivity index (χ2v) is 7.48. The molecule has 2 aromatic carbocycles. The van der Waals surface area contributed by atoms with Crippen LogP contribution in [0, 0.1) is 0 Å². The van der Waals surface area contributed by atoms with Crippen LogP contribution >= 0.6 is 12.4 Å². The summed E-state index contributed by atoms with van der Waals surface area (Å²) in [6.45, 7) is 3.62. The molecule has 0 fully saturated rings. The Kier molecular flexibility index (Phi) is 6.84. The molecule has 1 atom stereocenters. The first kappa shape index (κ1) is 19.7. The number of hydrogen-bond donors (Lipinski definition) is 2. The molecule has 7 heteroatoms.